The molecule has 0 radical (unpaired) electrons. The van der Waals surface area contributed by atoms with Gasteiger partial charge in [0.2, 0.25) is 0 Å². The second kappa shape index (κ2) is 8.42. The quantitative estimate of drug-likeness (QED) is 0.734. The molecule has 0 bridgehead atoms. The molecule has 0 fully saturated rings. The standard InChI is InChI=1S/C16H24BrNO2/c1-11(2)5-4-6-12(3)18-10-14-8-7-13(16(19)20)9-15(14)17/h7-9,11-12,18H,4-6,10H2,1-3H3,(H,19,20). The zero-order valence-corrected chi connectivity index (χ0v) is 14.0. The lowest BCUT2D eigenvalue weighted by atomic mass is 10.0. The average molecular weight is 342 g/mol. The van der Waals surface area contributed by atoms with Gasteiger partial charge in [0.25, 0.3) is 0 Å². The lowest BCUT2D eigenvalue weighted by Crippen LogP contribution is -2.25. The molecule has 3 nitrogen and oxygen atoms in total. The van der Waals surface area contributed by atoms with Crippen LogP contribution in [0, 0.1) is 5.92 Å². The van der Waals surface area contributed by atoms with E-state index < -0.39 is 5.97 Å². The molecule has 0 aliphatic heterocycles. The van der Waals surface area contributed by atoms with Crippen molar-refractivity contribution in [3.63, 3.8) is 0 Å². The van der Waals surface area contributed by atoms with Crippen LogP contribution >= 0.6 is 15.9 Å². The highest BCUT2D eigenvalue weighted by molar-refractivity contribution is 9.10. The van der Waals surface area contributed by atoms with Gasteiger partial charge in [-0.25, -0.2) is 4.79 Å². The summed E-state index contributed by atoms with van der Waals surface area (Å²) in [4.78, 5) is 10.9. The lowest BCUT2D eigenvalue weighted by molar-refractivity contribution is 0.0697. The van der Waals surface area contributed by atoms with Gasteiger partial charge in [-0.2, -0.15) is 0 Å². The van der Waals surface area contributed by atoms with E-state index in [1.807, 2.05) is 6.07 Å². The van der Waals surface area contributed by atoms with Crippen LogP contribution in [0.3, 0.4) is 0 Å². The maximum atomic E-state index is 10.9. The second-order valence-corrected chi connectivity index (χ2v) is 6.57. The van der Waals surface area contributed by atoms with Crippen molar-refractivity contribution in [1.29, 1.82) is 0 Å². The largest absolute Gasteiger partial charge is 0.478 e. The number of aromatic carboxylic acids is 1. The number of nitrogens with one attached hydrogen (secondary N) is 1. The van der Waals surface area contributed by atoms with Crippen LogP contribution in [-0.2, 0) is 6.54 Å². The van der Waals surface area contributed by atoms with Crippen LogP contribution in [0.15, 0.2) is 22.7 Å². The van der Waals surface area contributed by atoms with Gasteiger partial charge < -0.3 is 10.4 Å². The predicted molar refractivity (Wildman–Crippen MR) is 86.1 cm³/mol. The molecule has 112 valence electrons. The first-order valence-corrected chi connectivity index (χ1v) is 7.94. The minimum atomic E-state index is -0.896. The van der Waals surface area contributed by atoms with E-state index in [1.54, 1.807) is 12.1 Å². The smallest absolute Gasteiger partial charge is 0.335 e. The highest BCUT2D eigenvalue weighted by Gasteiger charge is 2.08. The normalized spacial score (nSPS) is 12.7. The van der Waals surface area contributed by atoms with Crippen molar-refractivity contribution >= 4 is 21.9 Å². The Bertz CT molecular complexity index is 446. The van der Waals surface area contributed by atoms with Gasteiger partial charge in [-0.3, -0.25) is 0 Å². The molecule has 1 unspecified atom stereocenters. The molecule has 0 amide bonds. The molecule has 0 spiro atoms. The Kier molecular flexibility index (Phi) is 7.24. The van der Waals surface area contributed by atoms with E-state index in [4.69, 9.17) is 5.11 Å². The summed E-state index contributed by atoms with van der Waals surface area (Å²) in [5, 5.41) is 12.4. The predicted octanol–water partition coefficient (Wildman–Crippen LogP) is 4.45. The van der Waals surface area contributed by atoms with E-state index in [-0.39, 0.29) is 0 Å². The van der Waals surface area contributed by atoms with Gasteiger partial charge in [0.1, 0.15) is 0 Å². The number of benzene rings is 1. The minimum absolute atomic E-state index is 0.311. The summed E-state index contributed by atoms with van der Waals surface area (Å²) >= 11 is 3.43. The fourth-order valence-electron chi connectivity index (χ4n) is 2.04. The fourth-order valence-corrected chi connectivity index (χ4v) is 2.56. The first-order chi connectivity index (χ1) is 9.40. The Balaban J connectivity index is 2.43. The Morgan fingerprint density at radius 3 is 2.55 bits per heavy atom. The topological polar surface area (TPSA) is 49.3 Å². The summed E-state index contributed by atoms with van der Waals surface area (Å²) in [7, 11) is 0. The van der Waals surface area contributed by atoms with Crippen molar-refractivity contribution in [2.24, 2.45) is 5.92 Å². The highest BCUT2D eigenvalue weighted by Crippen LogP contribution is 2.19. The summed E-state index contributed by atoms with van der Waals surface area (Å²) in [6.45, 7) is 7.45. The molecule has 4 heteroatoms. The highest BCUT2D eigenvalue weighted by atomic mass is 79.9. The van der Waals surface area contributed by atoms with Crippen LogP contribution in [0.25, 0.3) is 0 Å². The molecule has 1 aromatic carbocycles. The summed E-state index contributed by atoms with van der Waals surface area (Å²) in [6, 6.07) is 5.64. The minimum Gasteiger partial charge on any atom is -0.478 e. The van der Waals surface area contributed by atoms with Gasteiger partial charge in [-0.15, -0.1) is 0 Å². The number of carboxylic acid groups (broad SMARTS) is 1. The van der Waals surface area contributed by atoms with Crippen LogP contribution in [0.4, 0.5) is 0 Å². The Morgan fingerprint density at radius 2 is 2.00 bits per heavy atom. The fraction of sp³-hybridized carbons (Fsp3) is 0.562. The van der Waals surface area contributed by atoms with Gasteiger partial charge in [0, 0.05) is 17.1 Å². The number of hydrogen-bond acceptors (Lipinski definition) is 2. The number of carbonyl (C=O) groups is 1. The van der Waals surface area contributed by atoms with Crippen LogP contribution in [-0.4, -0.2) is 17.1 Å². The molecule has 0 heterocycles. The lowest BCUT2D eigenvalue weighted by Gasteiger charge is -2.15. The van der Waals surface area contributed by atoms with Crippen molar-refractivity contribution in [3.8, 4) is 0 Å². The number of carboxylic acids is 1. The van der Waals surface area contributed by atoms with Gasteiger partial charge in [0.15, 0.2) is 0 Å². The molecule has 0 saturated carbocycles. The maximum absolute atomic E-state index is 10.9. The van der Waals surface area contributed by atoms with Crippen molar-refractivity contribution in [1.82, 2.24) is 5.32 Å². The van der Waals surface area contributed by atoms with E-state index in [2.05, 4.69) is 42.0 Å². The second-order valence-electron chi connectivity index (χ2n) is 5.72. The van der Waals surface area contributed by atoms with Crippen LogP contribution in [0.5, 0.6) is 0 Å². The van der Waals surface area contributed by atoms with Crippen molar-refractivity contribution < 1.29 is 9.90 Å². The molecule has 0 aromatic heterocycles. The van der Waals surface area contributed by atoms with E-state index >= 15 is 0 Å². The van der Waals surface area contributed by atoms with Gasteiger partial charge in [-0.05, 0) is 37.0 Å². The third-order valence-corrected chi connectivity index (χ3v) is 4.10. The zero-order valence-electron chi connectivity index (χ0n) is 12.4. The average Bonchev–Trinajstić information content (AvgIpc) is 2.36. The van der Waals surface area contributed by atoms with Crippen molar-refractivity contribution in [2.75, 3.05) is 0 Å². The molecular weight excluding hydrogens is 318 g/mol. The van der Waals surface area contributed by atoms with Crippen molar-refractivity contribution in [2.45, 2.75) is 52.6 Å². The number of halogens is 1. The summed E-state index contributed by atoms with van der Waals surface area (Å²) in [6.07, 6.45) is 3.68. The zero-order chi connectivity index (χ0) is 15.1. The maximum Gasteiger partial charge on any atom is 0.335 e. The molecule has 1 aromatic rings. The molecule has 0 saturated heterocycles. The van der Waals surface area contributed by atoms with E-state index in [0.717, 1.165) is 22.5 Å². The van der Waals surface area contributed by atoms with Crippen molar-refractivity contribution in [3.05, 3.63) is 33.8 Å². The molecule has 0 aliphatic rings. The van der Waals surface area contributed by atoms with E-state index in [9.17, 15) is 4.79 Å². The Hall–Kier alpha value is -0.870. The molecular formula is C16H24BrNO2. The van der Waals surface area contributed by atoms with Gasteiger partial charge in [-0.1, -0.05) is 48.7 Å². The molecule has 1 atom stereocenters. The third-order valence-electron chi connectivity index (χ3n) is 3.36. The van der Waals surface area contributed by atoms with Crippen LogP contribution in [0.2, 0.25) is 0 Å². The summed E-state index contributed by atoms with van der Waals surface area (Å²) in [5.41, 5.74) is 1.40. The first kappa shape index (κ1) is 17.2. The molecule has 20 heavy (non-hydrogen) atoms. The number of rotatable bonds is 8. The number of hydrogen-bond donors (Lipinski definition) is 2. The Labute approximate surface area is 129 Å². The van der Waals surface area contributed by atoms with Crippen LogP contribution < -0.4 is 5.32 Å². The monoisotopic (exact) mass is 341 g/mol. The van der Waals surface area contributed by atoms with Gasteiger partial charge in [0.05, 0.1) is 5.56 Å². The summed E-state index contributed by atoms with van der Waals surface area (Å²) < 4.78 is 0.847. The van der Waals surface area contributed by atoms with Crippen LogP contribution in [0.1, 0.15) is 56.0 Å². The first-order valence-electron chi connectivity index (χ1n) is 7.15. The molecule has 2 N–H and O–H groups in total. The van der Waals surface area contributed by atoms with E-state index in [0.29, 0.717) is 11.6 Å². The summed E-state index contributed by atoms with van der Waals surface area (Å²) in [5.74, 6) is -0.132. The van der Waals surface area contributed by atoms with E-state index in [1.165, 1.54) is 19.3 Å². The SMILES string of the molecule is CC(C)CCCC(C)NCc1ccc(C(=O)O)cc1Br. The van der Waals surface area contributed by atoms with Gasteiger partial charge >= 0.3 is 5.97 Å². The molecule has 0 aliphatic carbocycles. The Morgan fingerprint density at radius 1 is 1.30 bits per heavy atom. The molecule has 1 rings (SSSR count). The third kappa shape index (κ3) is 6.06.